The Morgan fingerprint density at radius 3 is 1.00 bits per heavy atom. The van der Waals surface area contributed by atoms with Crippen molar-refractivity contribution in [3.05, 3.63) is 0 Å². The molecule has 0 rings (SSSR count). The number of hydrogen-bond acceptors (Lipinski definition) is 0. The summed E-state index contributed by atoms with van der Waals surface area (Å²) in [6.07, 6.45) is 0. The molecule has 0 amide bonds. The molecule has 0 aliphatic carbocycles. The van der Waals surface area contributed by atoms with Gasteiger partial charge in [0.25, 0.3) is 0 Å². The number of hydrogen-bond donors (Lipinski definition) is 0. The van der Waals surface area contributed by atoms with Gasteiger partial charge in [0, 0.05) is 33.9 Å². The molecule has 0 aromatic heterocycles. The quantitative estimate of drug-likeness (QED) is 0.556. The Balaban J connectivity index is -0.00000000667. The molecular weight excluding hydrogens is 255 g/mol. The van der Waals surface area contributed by atoms with Gasteiger partial charge in [0.1, 0.15) is 0 Å². The second-order valence-corrected chi connectivity index (χ2v) is 2.41. The van der Waals surface area contributed by atoms with Crippen molar-refractivity contribution >= 4 is 35.9 Å². The maximum absolute atomic E-state index is 4.81. The summed E-state index contributed by atoms with van der Waals surface area (Å²) in [4.78, 5) is 0. The summed E-state index contributed by atoms with van der Waals surface area (Å²) in [5.41, 5.74) is 0. The van der Waals surface area contributed by atoms with Crippen LogP contribution < -0.4 is 0 Å². The predicted octanol–water partition coefficient (Wildman–Crippen LogP) is 0.612. The van der Waals surface area contributed by atoms with Gasteiger partial charge < -0.3 is 0 Å². The van der Waals surface area contributed by atoms with Gasteiger partial charge in [-0.25, -0.2) is 0 Å². The first-order chi connectivity index (χ1) is 1.41. The largest absolute Gasteiger partial charge is 0 e. The van der Waals surface area contributed by atoms with Crippen molar-refractivity contribution in [1.29, 1.82) is 0 Å². The molecule has 0 heterocycles. The van der Waals surface area contributed by atoms with Gasteiger partial charge in [-0.3, -0.25) is 0 Å². The summed E-state index contributed by atoms with van der Waals surface area (Å²) in [6.45, 7) is 0. The SMILES string of the molecule is [B].[B].[Cl][Pd][Cl].[Fe]. The molecule has 6 radical (unpaired) electrons. The zero-order chi connectivity index (χ0) is 2.71. The average Bonchev–Trinajstić information content (AvgIpc) is 0.918. The third kappa shape index (κ3) is 39.4. The van der Waals surface area contributed by atoms with Crippen LogP contribution in [-0.2, 0) is 33.0 Å². The van der Waals surface area contributed by atoms with Gasteiger partial charge in [-0.15, -0.1) is 0 Å². The molecule has 0 nitrogen and oxygen atoms in total. The van der Waals surface area contributed by atoms with Gasteiger partial charge in [0.15, 0.2) is 0 Å². The van der Waals surface area contributed by atoms with Crippen molar-refractivity contribution in [1.82, 2.24) is 0 Å². The Hall–Kier alpha value is 1.89. The second kappa shape index (κ2) is 28.6. The minimum Gasteiger partial charge on any atom is 0 e. The fourth-order valence-electron chi connectivity index (χ4n) is 0. The van der Waals surface area contributed by atoms with Crippen LogP contribution in [0.15, 0.2) is 0 Å². The summed E-state index contributed by atoms with van der Waals surface area (Å²) < 4.78 is 0. The molecule has 0 aliphatic rings. The van der Waals surface area contributed by atoms with Crippen LogP contribution in [0, 0.1) is 0 Å². The van der Waals surface area contributed by atoms with E-state index in [2.05, 4.69) is 0 Å². The van der Waals surface area contributed by atoms with Crippen molar-refractivity contribution in [2.24, 2.45) is 0 Å². The second-order valence-electron chi connectivity index (χ2n) is 0.0452. The van der Waals surface area contributed by atoms with Crippen LogP contribution in [0.4, 0.5) is 0 Å². The van der Waals surface area contributed by atoms with Gasteiger partial charge >= 0.3 is 35.0 Å². The number of halogens is 2. The molecule has 0 aromatic rings. The molecule has 0 saturated heterocycles. The maximum Gasteiger partial charge on any atom is 0 e. The summed E-state index contributed by atoms with van der Waals surface area (Å²) in [5, 5.41) is 0. The smallest absolute Gasteiger partial charge is 0 e. The molecule has 0 bridgehead atoms. The van der Waals surface area contributed by atoms with E-state index in [1.165, 1.54) is 0 Å². The minimum absolute atomic E-state index is 0. The Morgan fingerprint density at radius 2 is 1.00 bits per heavy atom. The molecule has 6 heavy (non-hydrogen) atoms. The van der Waals surface area contributed by atoms with Crippen molar-refractivity contribution in [2.45, 2.75) is 0 Å². The van der Waals surface area contributed by atoms with Crippen LogP contribution in [0.25, 0.3) is 0 Å². The van der Waals surface area contributed by atoms with E-state index in [9.17, 15) is 0 Å². The number of rotatable bonds is 0. The van der Waals surface area contributed by atoms with E-state index in [4.69, 9.17) is 19.1 Å². The van der Waals surface area contributed by atoms with Gasteiger partial charge in [0.2, 0.25) is 0 Å². The standard InChI is InChI=1S/2B.2ClH.Fe.Pd/h;;2*1H;;/q;;;;;+2/p-2. The Labute approximate surface area is 68.5 Å². The molecule has 0 aliphatic heterocycles. The topological polar surface area (TPSA) is 0 Å². The van der Waals surface area contributed by atoms with Crippen LogP contribution in [0.3, 0.4) is 0 Å². The molecular formula is B2Cl2FePd. The molecule has 0 N–H and O–H groups in total. The van der Waals surface area contributed by atoms with Gasteiger partial charge in [-0.1, -0.05) is 0 Å². The first-order valence-corrected chi connectivity index (χ1v) is 4.24. The van der Waals surface area contributed by atoms with E-state index < -0.39 is 0 Å². The molecule has 0 saturated carbocycles. The monoisotopic (exact) mass is 254 g/mol. The molecule has 0 spiro atoms. The van der Waals surface area contributed by atoms with E-state index >= 15 is 0 Å². The van der Waals surface area contributed by atoms with Crippen molar-refractivity contribution in [3.8, 4) is 0 Å². The van der Waals surface area contributed by atoms with E-state index in [0.717, 1.165) is 0 Å². The summed E-state index contributed by atoms with van der Waals surface area (Å²) in [7, 11) is 9.63. The predicted molar refractivity (Wildman–Crippen MR) is 23.2 cm³/mol. The first-order valence-electron chi connectivity index (χ1n) is 0.239. The summed E-state index contributed by atoms with van der Waals surface area (Å²) >= 11 is -0.106. The van der Waals surface area contributed by atoms with Crippen LogP contribution in [-0.4, -0.2) is 16.8 Å². The Bertz CT molecular complexity index is 11.5. The molecule has 38 valence electrons. The van der Waals surface area contributed by atoms with Crippen LogP contribution in [0.2, 0.25) is 0 Å². The third-order valence-electron chi connectivity index (χ3n) is 0. The average molecular weight is 255 g/mol. The Morgan fingerprint density at radius 1 is 1.00 bits per heavy atom. The minimum atomic E-state index is -0.106. The van der Waals surface area contributed by atoms with E-state index in [-0.39, 0.29) is 49.8 Å². The fourth-order valence-corrected chi connectivity index (χ4v) is 0. The maximum atomic E-state index is 4.81. The summed E-state index contributed by atoms with van der Waals surface area (Å²) in [6, 6.07) is 0. The Kier molecular flexibility index (Phi) is 118. The van der Waals surface area contributed by atoms with Crippen molar-refractivity contribution in [2.75, 3.05) is 0 Å². The normalized spacial score (nSPS) is 3.67. The van der Waals surface area contributed by atoms with Gasteiger partial charge in [0.05, 0.1) is 0 Å². The zero-order valence-electron chi connectivity index (χ0n) is 2.58. The molecule has 0 fully saturated rings. The summed E-state index contributed by atoms with van der Waals surface area (Å²) in [5.74, 6) is 0. The first kappa shape index (κ1) is 24.7. The van der Waals surface area contributed by atoms with Crippen LogP contribution in [0.5, 0.6) is 0 Å². The van der Waals surface area contributed by atoms with Crippen molar-refractivity contribution in [3.63, 3.8) is 0 Å². The molecule has 0 unspecified atom stereocenters. The molecule has 0 atom stereocenters. The van der Waals surface area contributed by atoms with Crippen LogP contribution in [0.1, 0.15) is 0 Å². The van der Waals surface area contributed by atoms with E-state index in [0.29, 0.717) is 0 Å². The molecule has 0 aromatic carbocycles. The fraction of sp³-hybridized carbons (Fsp3) is 0. The van der Waals surface area contributed by atoms with Gasteiger partial charge in [-0.05, 0) is 0 Å². The van der Waals surface area contributed by atoms with E-state index in [1.807, 2.05) is 0 Å². The molecule has 6 heteroatoms. The van der Waals surface area contributed by atoms with Gasteiger partial charge in [-0.2, -0.15) is 0 Å². The third-order valence-corrected chi connectivity index (χ3v) is 0. The zero-order valence-corrected chi connectivity index (χ0v) is 6.75. The van der Waals surface area contributed by atoms with Crippen LogP contribution >= 0.6 is 19.1 Å². The van der Waals surface area contributed by atoms with Crippen molar-refractivity contribution < 1.29 is 33.0 Å². The van der Waals surface area contributed by atoms with E-state index in [1.54, 1.807) is 0 Å².